The van der Waals surface area contributed by atoms with Crippen molar-refractivity contribution in [3.8, 4) is 0 Å². The van der Waals surface area contributed by atoms with E-state index in [1.807, 2.05) is 0 Å². The molecule has 0 aromatic heterocycles. The third-order valence-electron chi connectivity index (χ3n) is 1.36. The Morgan fingerprint density at radius 2 is 1.92 bits per heavy atom. The highest BCUT2D eigenvalue weighted by Crippen LogP contribution is 1.95. The van der Waals surface area contributed by atoms with Crippen molar-refractivity contribution >= 4 is 5.97 Å². The number of carboxylic acids is 1. The number of carboxylic acid groups (broad SMARTS) is 1. The summed E-state index contributed by atoms with van der Waals surface area (Å²) in [5.41, 5.74) is 0. The molecular weight excluding hydrogens is 176 g/mol. The molecule has 0 bridgehead atoms. The molecule has 2 unspecified atom stereocenters. The highest BCUT2D eigenvalue weighted by molar-refractivity contribution is 5.68. The van der Waals surface area contributed by atoms with E-state index in [1.54, 1.807) is 13.8 Å². The molecular formula is C8H16O5. The van der Waals surface area contributed by atoms with E-state index in [0.717, 1.165) is 0 Å². The summed E-state index contributed by atoms with van der Waals surface area (Å²) in [4.78, 5) is 10.1. The van der Waals surface area contributed by atoms with Crippen molar-refractivity contribution in [1.29, 1.82) is 0 Å². The van der Waals surface area contributed by atoms with Gasteiger partial charge in [-0.1, -0.05) is 0 Å². The molecule has 0 spiro atoms. The maximum atomic E-state index is 10.1. The smallest absolute Gasteiger partial charge is 0.329 e. The van der Waals surface area contributed by atoms with Gasteiger partial charge in [0.05, 0.1) is 25.4 Å². The molecule has 0 aliphatic heterocycles. The molecule has 0 aromatic carbocycles. The maximum Gasteiger partial charge on any atom is 0.329 e. The number of hydrogen-bond donors (Lipinski definition) is 2. The number of aliphatic carboxylic acids is 1. The van der Waals surface area contributed by atoms with Crippen LogP contribution in [0.4, 0.5) is 0 Å². The van der Waals surface area contributed by atoms with Gasteiger partial charge < -0.3 is 19.7 Å². The standard InChI is InChI=1S/C8H16O5/c1-6(3-9)12-4-7(2)13-5-8(10)11/h6-7,9H,3-5H2,1-2H3,(H,10,11). The van der Waals surface area contributed by atoms with Gasteiger partial charge in [0.2, 0.25) is 0 Å². The molecule has 0 saturated heterocycles. The SMILES string of the molecule is CC(CO)OCC(C)OCC(=O)O. The number of ether oxygens (including phenoxy) is 2. The zero-order valence-corrected chi connectivity index (χ0v) is 7.90. The van der Waals surface area contributed by atoms with E-state index < -0.39 is 5.97 Å². The fourth-order valence-corrected chi connectivity index (χ4v) is 0.614. The molecule has 5 heteroatoms. The topological polar surface area (TPSA) is 76.0 Å². The van der Waals surface area contributed by atoms with E-state index in [2.05, 4.69) is 0 Å². The van der Waals surface area contributed by atoms with Gasteiger partial charge >= 0.3 is 5.97 Å². The lowest BCUT2D eigenvalue weighted by Gasteiger charge is -2.15. The average Bonchev–Trinajstić information content (AvgIpc) is 2.10. The average molecular weight is 192 g/mol. The summed E-state index contributed by atoms with van der Waals surface area (Å²) >= 11 is 0. The van der Waals surface area contributed by atoms with Crippen LogP contribution in [-0.2, 0) is 14.3 Å². The summed E-state index contributed by atoms with van der Waals surface area (Å²) in [6, 6.07) is 0. The van der Waals surface area contributed by atoms with Crippen molar-refractivity contribution in [3.63, 3.8) is 0 Å². The van der Waals surface area contributed by atoms with Crippen molar-refractivity contribution in [1.82, 2.24) is 0 Å². The molecule has 0 aromatic rings. The number of aliphatic hydroxyl groups excluding tert-OH is 1. The van der Waals surface area contributed by atoms with Crippen LogP contribution >= 0.6 is 0 Å². The first-order chi connectivity index (χ1) is 6.06. The van der Waals surface area contributed by atoms with Crippen LogP contribution in [0.5, 0.6) is 0 Å². The fraction of sp³-hybridized carbons (Fsp3) is 0.875. The lowest BCUT2D eigenvalue weighted by Crippen LogP contribution is -2.24. The Morgan fingerprint density at radius 3 is 2.38 bits per heavy atom. The highest BCUT2D eigenvalue weighted by atomic mass is 16.5. The summed E-state index contributed by atoms with van der Waals surface area (Å²) in [7, 11) is 0. The van der Waals surface area contributed by atoms with E-state index in [4.69, 9.17) is 19.7 Å². The van der Waals surface area contributed by atoms with Gasteiger partial charge in [-0.25, -0.2) is 4.79 Å². The van der Waals surface area contributed by atoms with E-state index in [-0.39, 0.29) is 32.0 Å². The molecule has 0 rings (SSSR count). The summed E-state index contributed by atoms with van der Waals surface area (Å²) in [5.74, 6) is -0.998. The summed E-state index contributed by atoms with van der Waals surface area (Å²) in [5, 5.41) is 16.9. The van der Waals surface area contributed by atoms with Crippen molar-refractivity contribution in [3.05, 3.63) is 0 Å². The van der Waals surface area contributed by atoms with Crippen LogP contribution in [0.15, 0.2) is 0 Å². The van der Waals surface area contributed by atoms with E-state index in [0.29, 0.717) is 0 Å². The maximum absolute atomic E-state index is 10.1. The van der Waals surface area contributed by atoms with Crippen LogP contribution < -0.4 is 0 Å². The molecule has 0 aliphatic carbocycles. The Bertz CT molecular complexity index is 147. The largest absolute Gasteiger partial charge is 0.480 e. The van der Waals surface area contributed by atoms with E-state index in [1.165, 1.54) is 0 Å². The van der Waals surface area contributed by atoms with Gasteiger partial charge in [-0.3, -0.25) is 0 Å². The molecule has 13 heavy (non-hydrogen) atoms. The molecule has 0 radical (unpaired) electrons. The predicted octanol–water partition coefficient (Wildman–Crippen LogP) is -0.127. The summed E-state index contributed by atoms with van der Waals surface area (Å²) in [6.07, 6.45) is -0.513. The van der Waals surface area contributed by atoms with Gasteiger partial charge in [0.1, 0.15) is 6.61 Å². The Balaban J connectivity index is 3.39. The van der Waals surface area contributed by atoms with Gasteiger partial charge in [-0.2, -0.15) is 0 Å². The van der Waals surface area contributed by atoms with Crippen LogP contribution in [0, 0.1) is 0 Å². The molecule has 2 N–H and O–H groups in total. The quantitative estimate of drug-likeness (QED) is 0.587. The van der Waals surface area contributed by atoms with Crippen molar-refractivity contribution < 1.29 is 24.5 Å². The fourth-order valence-electron chi connectivity index (χ4n) is 0.614. The van der Waals surface area contributed by atoms with Gasteiger partial charge in [0.15, 0.2) is 0 Å². The lowest BCUT2D eigenvalue weighted by atomic mass is 10.4. The van der Waals surface area contributed by atoms with Crippen molar-refractivity contribution in [2.24, 2.45) is 0 Å². The van der Waals surface area contributed by atoms with Gasteiger partial charge in [0.25, 0.3) is 0 Å². The molecule has 0 fully saturated rings. The lowest BCUT2D eigenvalue weighted by molar-refractivity contribution is -0.145. The highest BCUT2D eigenvalue weighted by Gasteiger charge is 2.07. The molecule has 0 aliphatic rings. The third-order valence-corrected chi connectivity index (χ3v) is 1.36. The van der Waals surface area contributed by atoms with Gasteiger partial charge in [0, 0.05) is 0 Å². The summed E-state index contributed by atoms with van der Waals surface area (Å²) in [6.45, 7) is 3.36. The third kappa shape index (κ3) is 7.70. The van der Waals surface area contributed by atoms with Crippen LogP contribution in [0.1, 0.15) is 13.8 Å². The zero-order chi connectivity index (χ0) is 10.3. The number of carbonyl (C=O) groups is 1. The molecule has 0 saturated carbocycles. The minimum Gasteiger partial charge on any atom is -0.480 e. The minimum atomic E-state index is -0.998. The molecule has 78 valence electrons. The van der Waals surface area contributed by atoms with E-state index in [9.17, 15) is 4.79 Å². The van der Waals surface area contributed by atoms with Crippen LogP contribution in [0.25, 0.3) is 0 Å². The number of hydrogen-bond acceptors (Lipinski definition) is 4. The monoisotopic (exact) mass is 192 g/mol. The second kappa shape index (κ2) is 6.82. The first-order valence-corrected chi connectivity index (χ1v) is 4.12. The predicted molar refractivity (Wildman–Crippen MR) is 45.5 cm³/mol. The number of rotatable bonds is 7. The molecule has 0 amide bonds. The Morgan fingerprint density at radius 1 is 1.31 bits per heavy atom. The van der Waals surface area contributed by atoms with E-state index >= 15 is 0 Å². The van der Waals surface area contributed by atoms with Gasteiger partial charge in [-0.15, -0.1) is 0 Å². The minimum absolute atomic E-state index is 0.0499. The molecule has 2 atom stereocenters. The second-order valence-electron chi connectivity index (χ2n) is 2.84. The normalized spacial score (nSPS) is 15.3. The summed E-state index contributed by atoms with van der Waals surface area (Å²) < 4.78 is 10.0. The second-order valence-corrected chi connectivity index (χ2v) is 2.84. The van der Waals surface area contributed by atoms with Crippen molar-refractivity contribution in [2.75, 3.05) is 19.8 Å². The van der Waals surface area contributed by atoms with Crippen LogP contribution in [-0.4, -0.2) is 48.2 Å². The number of aliphatic hydroxyl groups is 1. The Labute approximate surface area is 77.3 Å². The van der Waals surface area contributed by atoms with Gasteiger partial charge in [-0.05, 0) is 13.8 Å². The Hall–Kier alpha value is -0.650. The zero-order valence-electron chi connectivity index (χ0n) is 7.90. The van der Waals surface area contributed by atoms with Crippen LogP contribution in [0.3, 0.4) is 0 Å². The van der Waals surface area contributed by atoms with Crippen molar-refractivity contribution in [2.45, 2.75) is 26.1 Å². The molecule has 5 nitrogen and oxygen atoms in total. The Kier molecular flexibility index (Phi) is 6.48. The first kappa shape index (κ1) is 12.3. The van der Waals surface area contributed by atoms with Crippen LogP contribution in [0.2, 0.25) is 0 Å². The first-order valence-electron chi connectivity index (χ1n) is 4.12. The molecule has 0 heterocycles.